The lowest BCUT2D eigenvalue weighted by Crippen LogP contribution is -2.05. The smallest absolute Gasteiger partial charge is 0.263 e. The Balaban J connectivity index is 3.55. The largest absolute Gasteiger partial charge is 0.283 e. The van der Waals surface area contributed by atoms with Crippen molar-refractivity contribution in [1.82, 2.24) is 0 Å². The molecule has 0 aromatic rings. The van der Waals surface area contributed by atoms with E-state index in [4.69, 9.17) is 0 Å². The summed E-state index contributed by atoms with van der Waals surface area (Å²) in [5.74, 6) is 0. The number of nitro groups is 1. The summed E-state index contributed by atoms with van der Waals surface area (Å²) < 4.78 is 0. The number of rotatable bonds is 2. The van der Waals surface area contributed by atoms with Gasteiger partial charge in [0.25, 0.3) is 4.95 Å². The fourth-order valence-electron chi connectivity index (χ4n) is 0.0861. The lowest BCUT2D eigenvalue weighted by molar-refractivity contribution is -0.480. The Morgan fingerprint density at radius 2 is 2.43 bits per heavy atom. The molecule has 3 nitrogen and oxygen atoms in total. The fourth-order valence-corrected chi connectivity index (χ4v) is 0.0861. The maximum absolute atomic E-state index is 9.62. The van der Waals surface area contributed by atoms with Crippen LogP contribution in [0.4, 0.5) is 0 Å². The van der Waals surface area contributed by atoms with Crippen LogP contribution in [0.25, 0.3) is 0 Å². The molecular formula is C3H4BrNO2. The third kappa shape index (κ3) is 2.33. The molecule has 1 unspecified atom stereocenters. The summed E-state index contributed by atoms with van der Waals surface area (Å²) in [6.07, 6.45) is 1.21. The lowest BCUT2D eigenvalue weighted by atomic mass is 10.7. The molecule has 0 heterocycles. The third-order valence-corrected chi connectivity index (χ3v) is 1.10. The molecule has 0 saturated heterocycles. The van der Waals surface area contributed by atoms with Gasteiger partial charge in [0.2, 0.25) is 0 Å². The molecule has 0 aliphatic heterocycles. The van der Waals surface area contributed by atoms with Gasteiger partial charge in [0.05, 0.1) is 0 Å². The Kier molecular flexibility index (Phi) is 2.59. The average Bonchev–Trinajstić information content (AvgIpc) is 1.65. The Morgan fingerprint density at radius 3 is 2.43 bits per heavy atom. The van der Waals surface area contributed by atoms with Crippen LogP contribution in [0, 0.1) is 10.1 Å². The molecule has 0 aromatic carbocycles. The maximum Gasteiger partial charge on any atom is 0.283 e. The van der Waals surface area contributed by atoms with E-state index in [1.165, 1.54) is 6.08 Å². The lowest BCUT2D eigenvalue weighted by Gasteiger charge is -1.88. The second-order valence-corrected chi connectivity index (χ2v) is 1.83. The van der Waals surface area contributed by atoms with Crippen LogP contribution < -0.4 is 0 Å². The van der Waals surface area contributed by atoms with E-state index in [1.54, 1.807) is 0 Å². The molecule has 40 valence electrons. The van der Waals surface area contributed by atoms with E-state index < -0.39 is 9.87 Å². The van der Waals surface area contributed by atoms with Crippen molar-refractivity contribution in [2.75, 3.05) is 0 Å². The van der Waals surface area contributed by atoms with Crippen molar-refractivity contribution in [3.8, 4) is 0 Å². The normalized spacial score (nSPS) is 12.7. The molecule has 0 amide bonds. The standard InChI is InChI=1S/C3H4BrNO2/c1-2-3(4)5(6)7/h2-3H,1H2. The van der Waals surface area contributed by atoms with Crippen LogP contribution in [-0.2, 0) is 0 Å². The zero-order valence-corrected chi connectivity index (χ0v) is 5.09. The van der Waals surface area contributed by atoms with Gasteiger partial charge in [0.15, 0.2) is 0 Å². The van der Waals surface area contributed by atoms with Crippen LogP contribution in [-0.4, -0.2) is 9.87 Å². The summed E-state index contributed by atoms with van der Waals surface area (Å²) in [5, 5.41) is 9.62. The van der Waals surface area contributed by atoms with Crippen LogP contribution in [0.2, 0.25) is 0 Å². The van der Waals surface area contributed by atoms with Crippen LogP contribution in [0.5, 0.6) is 0 Å². The van der Waals surface area contributed by atoms with Crippen molar-refractivity contribution >= 4 is 15.9 Å². The van der Waals surface area contributed by atoms with Gasteiger partial charge in [0, 0.05) is 20.9 Å². The molecule has 0 bridgehead atoms. The summed E-state index contributed by atoms with van der Waals surface area (Å²) in [6.45, 7) is 3.19. The summed E-state index contributed by atoms with van der Waals surface area (Å²) in [7, 11) is 0. The molecule has 0 fully saturated rings. The van der Waals surface area contributed by atoms with E-state index in [-0.39, 0.29) is 0 Å². The van der Waals surface area contributed by atoms with Gasteiger partial charge < -0.3 is 0 Å². The van der Waals surface area contributed by atoms with Crippen LogP contribution >= 0.6 is 15.9 Å². The maximum atomic E-state index is 9.62. The summed E-state index contributed by atoms with van der Waals surface area (Å²) >= 11 is 2.72. The number of alkyl halides is 1. The molecular weight excluding hydrogens is 162 g/mol. The predicted octanol–water partition coefficient (Wildman–Crippen LogP) is 1.17. The number of nitrogens with zero attached hydrogens (tertiary/aromatic N) is 1. The average molecular weight is 166 g/mol. The number of hydrogen-bond acceptors (Lipinski definition) is 2. The zero-order chi connectivity index (χ0) is 5.86. The Labute approximate surface area is 49.3 Å². The van der Waals surface area contributed by atoms with E-state index in [1.807, 2.05) is 0 Å². The molecule has 7 heavy (non-hydrogen) atoms. The molecule has 1 atom stereocenters. The first-order valence-electron chi connectivity index (χ1n) is 1.58. The highest BCUT2D eigenvalue weighted by molar-refractivity contribution is 9.09. The van der Waals surface area contributed by atoms with Gasteiger partial charge in [-0.25, -0.2) is 0 Å². The minimum Gasteiger partial charge on any atom is -0.263 e. The van der Waals surface area contributed by atoms with Crippen molar-refractivity contribution in [3.63, 3.8) is 0 Å². The van der Waals surface area contributed by atoms with Crippen molar-refractivity contribution in [1.29, 1.82) is 0 Å². The van der Waals surface area contributed by atoms with E-state index in [0.717, 1.165) is 0 Å². The Bertz CT molecular complexity index is 92.9. The van der Waals surface area contributed by atoms with Crippen LogP contribution in [0.15, 0.2) is 12.7 Å². The van der Waals surface area contributed by atoms with Gasteiger partial charge in [-0.2, -0.15) is 0 Å². The number of hydrogen-bond donors (Lipinski definition) is 0. The van der Waals surface area contributed by atoms with E-state index in [2.05, 4.69) is 22.5 Å². The SMILES string of the molecule is C=CC(Br)[N+](=O)[O-]. The molecule has 0 N–H and O–H groups in total. The Morgan fingerprint density at radius 1 is 2.00 bits per heavy atom. The van der Waals surface area contributed by atoms with Crippen molar-refractivity contribution < 1.29 is 4.92 Å². The molecule has 0 aliphatic carbocycles. The molecule has 4 heteroatoms. The minimum atomic E-state index is -0.799. The van der Waals surface area contributed by atoms with Crippen molar-refractivity contribution in [2.45, 2.75) is 4.95 Å². The second kappa shape index (κ2) is 2.74. The van der Waals surface area contributed by atoms with Gasteiger partial charge in [-0.15, -0.1) is 0 Å². The first kappa shape index (κ1) is 6.62. The summed E-state index contributed by atoms with van der Waals surface area (Å²) in [6, 6.07) is 0. The molecule has 0 rings (SSSR count). The molecule has 0 aromatic heterocycles. The van der Waals surface area contributed by atoms with Gasteiger partial charge in [-0.1, -0.05) is 6.58 Å². The molecule has 0 radical (unpaired) electrons. The monoisotopic (exact) mass is 165 g/mol. The molecule has 0 spiro atoms. The number of halogens is 1. The van der Waals surface area contributed by atoms with E-state index >= 15 is 0 Å². The zero-order valence-electron chi connectivity index (χ0n) is 3.50. The summed E-state index contributed by atoms with van der Waals surface area (Å²) in [5.41, 5.74) is 0. The molecule has 0 saturated carbocycles. The first-order chi connectivity index (χ1) is 3.18. The first-order valence-corrected chi connectivity index (χ1v) is 2.50. The fraction of sp³-hybridized carbons (Fsp3) is 0.333. The second-order valence-electron chi connectivity index (χ2n) is 0.894. The Hall–Kier alpha value is -0.380. The highest BCUT2D eigenvalue weighted by Crippen LogP contribution is 1.98. The molecule has 0 aliphatic rings. The van der Waals surface area contributed by atoms with E-state index in [9.17, 15) is 10.1 Å². The van der Waals surface area contributed by atoms with E-state index in [0.29, 0.717) is 0 Å². The van der Waals surface area contributed by atoms with Gasteiger partial charge in [0.1, 0.15) is 0 Å². The van der Waals surface area contributed by atoms with Crippen molar-refractivity contribution in [3.05, 3.63) is 22.8 Å². The highest BCUT2D eigenvalue weighted by Gasteiger charge is 2.05. The van der Waals surface area contributed by atoms with Gasteiger partial charge >= 0.3 is 0 Å². The highest BCUT2D eigenvalue weighted by atomic mass is 79.9. The predicted molar refractivity (Wildman–Crippen MR) is 29.9 cm³/mol. The van der Waals surface area contributed by atoms with Crippen molar-refractivity contribution in [2.24, 2.45) is 0 Å². The van der Waals surface area contributed by atoms with Crippen LogP contribution in [0.1, 0.15) is 0 Å². The quantitative estimate of drug-likeness (QED) is 0.203. The van der Waals surface area contributed by atoms with Gasteiger partial charge in [-0.05, 0) is 6.08 Å². The minimum absolute atomic E-state index is 0.479. The third-order valence-electron chi connectivity index (χ3n) is 0.396. The summed E-state index contributed by atoms with van der Waals surface area (Å²) in [4.78, 5) is 8.34. The van der Waals surface area contributed by atoms with Crippen LogP contribution in [0.3, 0.4) is 0 Å². The van der Waals surface area contributed by atoms with Gasteiger partial charge in [-0.3, -0.25) is 10.1 Å². The topological polar surface area (TPSA) is 43.1 Å².